The Morgan fingerprint density at radius 1 is 1.56 bits per heavy atom. The van der Waals surface area contributed by atoms with Crippen molar-refractivity contribution in [3.8, 4) is 0 Å². The van der Waals surface area contributed by atoms with Gasteiger partial charge in [-0.2, -0.15) is 0 Å². The highest BCUT2D eigenvalue weighted by atomic mass is 16.5. The molecule has 1 heteroatoms. The molecule has 0 aromatic heterocycles. The number of ether oxygens (including phenoxy) is 1. The van der Waals surface area contributed by atoms with Gasteiger partial charge in [0.15, 0.2) is 0 Å². The maximum absolute atomic E-state index is 4.94. The van der Waals surface area contributed by atoms with E-state index < -0.39 is 0 Å². The van der Waals surface area contributed by atoms with E-state index in [1.807, 2.05) is 6.08 Å². The number of hydrogen-bond acceptors (Lipinski definition) is 1. The molecule has 0 N–H and O–H groups in total. The van der Waals surface area contributed by atoms with Crippen LogP contribution in [-0.2, 0) is 4.74 Å². The first-order chi connectivity index (χ1) is 4.33. The molecule has 0 bridgehead atoms. The number of methoxy groups -OCH3 is 1. The van der Waals surface area contributed by atoms with Crippen LogP contribution < -0.4 is 0 Å². The molecule has 1 nitrogen and oxygen atoms in total. The fourth-order valence-corrected chi connectivity index (χ4v) is 0.703. The highest BCUT2D eigenvalue weighted by molar-refractivity contribution is 5.26. The summed E-state index contributed by atoms with van der Waals surface area (Å²) in [7, 11) is 1.66. The molecule has 0 amide bonds. The highest BCUT2D eigenvalue weighted by Gasteiger charge is 2.01. The van der Waals surface area contributed by atoms with Gasteiger partial charge in [0.25, 0.3) is 0 Å². The molecule has 0 atom stereocenters. The quantitative estimate of drug-likeness (QED) is 0.516. The van der Waals surface area contributed by atoms with E-state index in [2.05, 4.69) is 19.4 Å². The number of hydrogen-bond donors (Lipinski definition) is 0. The van der Waals surface area contributed by atoms with E-state index in [0.717, 1.165) is 12.2 Å². The second-order valence-electron chi connectivity index (χ2n) is 2.10. The van der Waals surface area contributed by atoms with Gasteiger partial charge in [-0.25, -0.2) is 0 Å². The van der Waals surface area contributed by atoms with Crippen LogP contribution in [0, 0.1) is 6.42 Å². The lowest BCUT2D eigenvalue weighted by molar-refractivity contribution is 0.296. The van der Waals surface area contributed by atoms with Crippen LogP contribution >= 0.6 is 0 Å². The van der Waals surface area contributed by atoms with Gasteiger partial charge in [0.05, 0.1) is 13.5 Å². The van der Waals surface area contributed by atoms with Crippen LogP contribution in [0.15, 0.2) is 23.5 Å². The van der Waals surface area contributed by atoms with Gasteiger partial charge in [0.1, 0.15) is 5.76 Å². The number of rotatable bonds is 1. The smallest absolute Gasteiger partial charge is 0.104 e. The molecule has 48 valence electrons. The first kappa shape index (κ1) is 6.40. The summed E-state index contributed by atoms with van der Waals surface area (Å²) in [6.07, 6.45) is 7.97. The summed E-state index contributed by atoms with van der Waals surface area (Å²) in [5.74, 6) is 0.848. The molecule has 0 heterocycles. The van der Waals surface area contributed by atoms with Gasteiger partial charge in [0.2, 0.25) is 0 Å². The standard InChI is InChI=1S/C8H10O/c1-7-3-5-8(9-2)6-4-7/h3,5H,4H2,1-2H3. The summed E-state index contributed by atoms with van der Waals surface area (Å²) in [5, 5.41) is 0. The van der Waals surface area contributed by atoms with Crippen molar-refractivity contribution in [2.45, 2.75) is 13.3 Å². The topological polar surface area (TPSA) is 9.23 Å². The molecule has 0 saturated heterocycles. The van der Waals surface area contributed by atoms with Crippen LogP contribution in [0.25, 0.3) is 0 Å². The first-order valence-corrected chi connectivity index (χ1v) is 2.98. The Bertz CT molecular complexity index is 154. The zero-order valence-corrected chi connectivity index (χ0v) is 5.77. The Balaban J connectivity index is 2.59. The molecule has 0 aromatic rings. The zero-order chi connectivity index (χ0) is 6.69. The van der Waals surface area contributed by atoms with Crippen molar-refractivity contribution in [1.29, 1.82) is 0 Å². The van der Waals surface area contributed by atoms with E-state index in [1.165, 1.54) is 5.57 Å². The Hall–Kier alpha value is -0.720. The Morgan fingerprint density at radius 3 is 2.78 bits per heavy atom. The maximum atomic E-state index is 4.94. The minimum atomic E-state index is 0.848. The molecular formula is C8H10O. The monoisotopic (exact) mass is 122 g/mol. The lowest BCUT2D eigenvalue weighted by Gasteiger charge is -2.08. The van der Waals surface area contributed by atoms with Gasteiger partial charge in [-0.1, -0.05) is 11.6 Å². The van der Waals surface area contributed by atoms with Crippen molar-refractivity contribution in [2.24, 2.45) is 0 Å². The fraction of sp³-hybridized carbons (Fsp3) is 0.375. The molecule has 0 unspecified atom stereocenters. The largest absolute Gasteiger partial charge is 0.500 e. The van der Waals surface area contributed by atoms with Crippen molar-refractivity contribution in [3.05, 3.63) is 29.9 Å². The van der Waals surface area contributed by atoms with Gasteiger partial charge in [-0.15, -0.1) is 0 Å². The van der Waals surface area contributed by atoms with E-state index >= 15 is 0 Å². The molecule has 0 spiro atoms. The predicted molar refractivity (Wildman–Crippen MR) is 36.7 cm³/mol. The predicted octanol–water partition coefficient (Wildman–Crippen LogP) is 1.95. The SMILES string of the molecule is COC1=CC=C(C)C[C]1. The molecule has 0 saturated carbocycles. The van der Waals surface area contributed by atoms with E-state index in [9.17, 15) is 0 Å². The molecule has 1 rings (SSSR count). The lowest BCUT2D eigenvalue weighted by atomic mass is 10.1. The summed E-state index contributed by atoms with van der Waals surface area (Å²) < 4.78 is 4.94. The summed E-state index contributed by atoms with van der Waals surface area (Å²) >= 11 is 0. The van der Waals surface area contributed by atoms with Crippen LogP contribution in [0.2, 0.25) is 0 Å². The lowest BCUT2D eigenvalue weighted by Crippen LogP contribution is -1.93. The van der Waals surface area contributed by atoms with Gasteiger partial charge in [-0.3, -0.25) is 0 Å². The summed E-state index contributed by atoms with van der Waals surface area (Å²) in [6, 6.07) is 0. The van der Waals surface area contributed by atoms with Crippen LogP contribution in [0.1, 0.15) is 13.3 Å². The number of allylic oxidation sites excluding steroid dienone is 4. The molecular weight excluding hydrogens is 112 g/mol. The van der Waals surface area contributed by atoms with Crippen molar-refractivity contribution in [1.82, 2.24) is 0 Å². The van der Waals surface area contributed by atoms with Crippen LogP contribution in [-0.4, -0.2) is 7.11 Å². The zero-order valence-electron chi connectivity index (χ0n) is 5.77. The van der Waals surface area contributed by atoms with E-state index in [-0.39, 0.29) is 0 Å². The van der Waals surface area contributed by atoms with Crippen molar-refractivity contribution in [3.63, 3.8) is 0 Å². The van der Waals surface area contributed by atoms with Crippen molar-refractivity contribution in [2.75, 3.05) is 7.11 Å². The van der Waals surface area contributed by atoms with Crippen LogP contribution in [0.5, 0.6) is 0 Å². The highest BCUT2D eigenvalue weighted by Crippen LogP contribution is 2.16. The molecule has 9 heavy (non-hydrogen) atoms. The normalized spacial score (nSPS) is 18.4. The average Bonchev–Trinajstić information content (AvgIpc) is 1.90. The Kier molecular flexibility index (Phi) is 1.93. The molecule has 1 aliphatic rings. The van der Waals surface area contributed by atoms with E-state index in [1.54, 1.807) is 7.11 Å². The Labute approximate surface area is 56.0 Å². The van der Waals surface area contributed by atoms with Crippen LogP contribution in [0.3, 0.4) is 0 Å². The molecule has 0 aromatic carbocycles. The average molecular weight is 122 g/mol. The summed E-state index contributed by atoms with van der Waals surface area (Å²) in [6.45, 7) is 2.08. The molecule has 0 aliphatic heterocycles. The molecule has 2 radical (unpaired) electrons. The van der Waals surface area contributed by atoms with E-state index in [4.69, 9.17) is 4.74 Å². The third-order valence-electron chi connectivity index (χ3n) is 1.28. The van der Waals surface area contributed by atoms with Gasteiger partial charge >= 0.3 is 0 Å². The minimum Gasteiger partial charge on any atom is -0.500 e. The third kappa shape index (κ3) is 1.60. The minimum absolute atomic E-state index is 0.848. The molecule has 1 aliphatic carbocycles. The van der Waals surface area contributed by atoms with E-state index in [0.29, 0.717) is 0 Å². The van der Waals surface area contributed by atoms with Gasteiger partial charge in [-0.05, 0) is 19.4 Å². The van der Waals surface area contributed by atoms with Crippen molar-refractivity contribution < 1.29 is 4.74 Å². The fourth-order valence-electron chi connectivity index (χ4n) is 0.703. The maximum Gasteiger partial charge on any atom is 0.104 e. The first-order valence-electron chi connectivity index (χ1n) is 2.98. The Morgan fingerprint density at radius 2 is 2.33 bits per heavy atom. The van der Waals surface area contributed by atoms with Gasteiger partial charge in [0, 0.05) is 0 Å². The third-order valence-corrected chi connectivity index (χ3v) is 1.28. The summed E-state index contributed by atoms with van der Waals surface area (Å²) in [4.78, 5) is 0. The molecule has 0 fully saturated rings. The second-order valence-corrected chi connectivity index (χ2v) is 2.10. The second kappa shape index (κ2) is 2.72. The summed E-state index contributed by atoms with van der Waals surface area (Å²) in [5.41, 5.74) is 1.33. The van der Waals surface area contributed by atoms with Crippen LogP contribution in [0.4, 0.5) is 0 Å². The van der Waals surface area contributed by atoms with Gasteiger partial charge < -0.3 is 4.74 Å². The van der Waals surface area contributed by atoms with Crippen molar-refractivity contribution >= 4 is 0 Å².